The topological polar surface area (TPSA) is 96.5 Å². The van der Waals surface area contributed by atoms with Crippen molar-refractivity contribution in [3.8, 4) is 0 Å². The Morgan fingerprint density at radius 3 is 2.70 bits per heavy atom. The van der Waals surface area contributed by atoms with Crippen LogP contribution in [0.1, 0.15) is 60.6 Å². The number of rotatable bonds is 5. The summed E-state index contributed by atoms with van der Waals surface area (Å²) in [6, 6.07) is 12.2. The van der Waals surface area contributed by atoms with Gasteiger partial charge in [-0.05, 0) is 80.7 Å². The van der Waals surface area contributed by atoms with Gasteiger partial charge in [0.05, 0.1) is 11.8 Å². The predicted molar refractivity (Wildman–Crippen MR) is 132 cm³/mol. The van der Waals surface area contributed by atoms with E-state index in [9.17, 15) is 13.5 Å². The fraction of sp³-hybridized carbons (Fsp3) is 0.577. The van der Waals surface area contributed by atoms with Crippen molar-refractivity contribution >= 4 is 9.84 Å². The summed E-state index contributed by atoms with van der Waals surface area (Å²) in [5.74, 6) is 0.212. The van der Waals surface area contributed by atoms with E-state index in [0.29, 0.717) is 18.9 Å². The van der Waals surface area contributed by atoms with Crippen LogP contribution >= 0.6 is 0 Å². The third-order valence-corrected chi connectivity index (χ3v) is 9.86. The van der Waals surface area contributed by atoms with Crippen LogP contribution in [0.15, 0.2) is 42.6 Å². The van der Waals surface area contributed by atoms with Gasteiger partial charge < -0.3 is 15.7 Å². The molecule has 1 aromatic carbocycles. The molecular formula is C26H37N3O3S. The second-order valence-electron chi connectivity index (χ2n) is 10.3. The van der Waals surface area contributed by atoms with E-state index in [-0.39, 0.29) is 11.8 Å². The van der Waals surface area contributed by atoms with Crippen LogP contribution in [0.3, 0.4) is 0 Å². The highest BCUT2D eigenvalue weighted by Crippen LogP contribution is 2.42. The molecule has 4 rings (SSSR count). The molecule has 1 aromatic heterocycles. The first-order valence-electron chi connectivity index (χ1n) is 12.0. The number of benzene rings is 1. The van der Waals surface area contributed by atoms with Gasteiger partial charge in [-0.3, -0.25) is 4.98 Å². The van der Waals surface area contributed by atoms with Crippen molar-refractivity contribution in [2.24, 2.45) is 17.6 Å². The highest BCUT2D eigenvalue weighted by molar-refractivity contribution is 7.92. The van der Waals surface area contributed by atoms with Gasteiger partial charge in [0.1, 0.15) is 4.87 Å². The van der Waals surface area contributed by atoms with Crippen LogP contribution in [0.4, 0.5) is 0 Å². The number of hydrogen-bond acceptors (Lipinski definition) is 6. The standard InChI is InChI=1S/C26H37N3O3S/c1-18-7-4-5-9-21(18)22-12-14-29(17-23(22)26(2,27)33(3,31)32)16-19-10-11-20-8-6-13-28-25(20)24(30)15-19/h4-9,13,19,22-24,30H,10-12,14-17,27H2,1-3H3/t19-,22?,23?,24+,26?/m1/s1. The molecule has 3 unspecified atom stereocenters. The van der Waals surface area contributed by atoms with Gasteiger partial charge in [-0.2, -0.15) is 0 Å². The first-order chi connectivity index (χ1) is 15.6. The number of aromatic nitrogens is 1. The Balaban J connectivity index is 1.54. The normalized spacial score (nSPS) is 28.5. The van der Waals surface area contributed by atoms with Crippen LogP contribution in [0.25, 0.3) is 0 Å². The minimum Gasteiger partial charge on any atom is -0.387 e. The van der Waals surface area contributed by atoms with Gasteiger partial charge in [-0.15, -0.1) is 0 Å². The van der Waals surface area contributed by atoms with E-state index in [0.717, 1.165) is 43.6 Å². The molecule has 0 spiro atoms. The maximum atomic E-state index is 12.7. The molecule has 33 heavy (non-hydrogen) atoms. The average Bonchev–Trinajstić information content (AvgIpc) is 2.92. The molecule has 1 saturated heterocycles. The molecule has 6 nitrogen and oxygen atoms in total. The number of likely N-dealkylation sites (tertiary alicyclic amines) is 1. The molecule has 2 aliphatic rings. The van der Waals surface area contributed by atoms with Gasteiger partial charge in [0.15, 0.2) is 9.84 Å². The Bertz CT molecular complexity index is 1090. The zero-order chi connectivity index (χ0) is 23.8. The van der Waals surface area contributed by atoms with Crippen molar-refractivity contribution in [3.05, 3.63) is 65.0 Å². The summed E-state index contributed by atoms with van der Waals surface area (Å²) < 4.78 is 25.5. The SMILES string of the molecule is Cc1ccccc1C1CCN(C[C@@H]2CCc3cccnc3[C@@H](O)C2)CC1C(C)(N)S(C)(=O)=O. The summed E-state index contributed by atoms with van der Waals surface area (Å²) in [6.07, 6.45) is 5.90. The molecule has 0 saturated carbocycles. The molecule has 1 fully saturated rings. The Morgan fingerprint density at radius 1 is 1.21 bits per heavy atom. The maximum Gasteiger partial charge on any atom is 0.166 e. The minimum atomic E-state index is -3.46. The van der Waals surface area contributed by atoms with E-state index < -0.39 is 20.8 Å². The van der Waals surface area contributed by atoms with Gasteiger partial charge in [-0.1, -0.05) is 30.3 Å². The Morgan fingerprint density at radius 2 is 1.97 bits per heavy atom. The van der Waals surface area contributed by atoms with Crippen molar-refractivity contribution < 1.29 is 13.5 Å². The fourth-order valence-corrected chi connectivity index (χ4v) is 6.60. The lowest BCUT2D eigenvalue weighted by molar-refractivity contribution is 0.0871. The monoisotopic (exact) mass is 471 g/mol. The van der Waals surface area contributed by atoms with Gasteiger partial charge in [0.25, 0.3) is 0 Å². The Kier molecular flexibility index (Phi) is 6.97. The molecule has 0 amide bonds. The third kappa shape index (κ3) is 5.02. The van der Waals surface area contributed by atoms with E-state index in [1.54, 1.807) is 13.1 Å². The molecule has 1 aliphatic heterocycles. The Hall–Kier alpha value is -1.80. The van der Waals surface area contributed by atoms with Gasteiger partial charge >= 0.3 is 0 Å². The van der Waals surface area contributed by atoms with Crippen LogP contribution in [-0.4, -0.2) is 54.2 Å². The van der Waals surface area contributed by atoms with Crippen LogP contribution in [0.5, 0.6) is 0 Å². The fourth-order valence-electron chi connectivity index (χ4n) is 5.81. The number of piperidine rings is 1. The van der Waals surface area contributed by atoms with Crippen molar-refractivity contribution in [3.63, 3.8) is 0 Å². The summed E-state index contributed by atoms with van der Waals surface area (Å²) in [4.78, 5) is 5.47. The summed E-state index contributed by atoms with van der Waals surface area (Å²) in [7, 11) is -3.46. The van der Waals surface area contributed by atoms with Crippen LogP contribution in [-0.2, 0) is 16.3 Å². The molecule has 2 aromatic rings. The number of aliphatic hydroxyl groups excluding tert-OH is 1. The molecule has 5 atom stereocenters. The molecule has 0 bridgehead atoms. The number of nitrogens with zero attached hydrogens (tertiary/aromatic N) is 2. The summed E-state index contributed by atoms with van der Waals surface area (Å²) in [5.41, 5.74) is 10.9. The molecule has 7 heteroatoms. The lowest BCUT2D eigenvalue weighted by Gasteiger charge is -2.46. The van der Waals surface area contributed by atoms with Gasteiger partial charge in [0.2, 0.25) is 0 Å². The van der Waals surface area contributed by atoms with E-state index >= 15 is 0 Å². The van der Waals surface area contributed by atoms with E-state index in [1.165, 1.54) is 17.4 Å². The van der Waals surface area contributed by atoms with E-state index in [2.05, 4.69) is 35.0 Å². The quantitative estimate of drug-likeness (QED) is 0.650. The predicted octanol–water partition coefficient (Wildman–Crippen LogP) is 3.20. The maximum absolute atomic E-state index is 12.7. The summed E-state index contributed by atoms with van der Waals surface area (Å²) >= 11 is 0. The van der Waals surface area contributed by atoms with Crippen molar-refractivity contribution in [1.29, 1.82) is 0 Å². The van der Waals surface area contributed by atoms with Gasteiger partial charge in [-0.25, -0.2) is 8.42 Å². The van der Waals surface area contributed by atoms with Crippen LogP contribution in [0.2, 0.25) is 0 Å². The number of aryl methyl sites for hydroxylation is 2. The minimum absolute atomic E-state index is 0.0975. The number of aliphatic hydroxyl groups is 1. The van der Waals surface area contributed by atoms with E-state index in [1.807, 2.05) is 18.2 Å². The molecule has 3 N–H and O–H groups in total. The Labute approximate surface area is 198 Å². The lowest BCUT2D eigenvalue weighted by atomic mass is 9.75. The smallest absolute Gasteiger partial charge is 0.166 e. The lowest BCUT2D eigenvalue weighted by Crippen LogP contribution is -2.58. The van der Waals surface area contributed by atoms with Gasteiger partial charge in [0, 0.05) is 31.5 Å². The van der Waals surface area contributed by atoms with Crippen molar-refractivity contribution in [2.75, 3.05) is 25.9 Å². The average molecular weight is 472 g/mol. The van der Waals surface area contributed by atoms with Crippen molar-refractivity contribution in [2.45, 2.75) is 56.4 Å². The summed E-state index contributed by atoms with van der Waals surface area (Å²) in [5, 5.41) is 10.8. The number of fused-ring (bicyclic) bond motifs is 1. The summed E-state index contributed by atoms with van der Waals surface area (Å²) in [6.45, 7) is 6.14. The molecule has 2 heterocycles. The van der Waals surface area contributed by atoms with Crippen LogP contribution in [0, 0.1) is 18.8 Å². The van der Waals surface area contributed by atoms with Crippen LogP contribution < -0.4 is 5.73 Å². The second-order valence-corrected chi connectivity index (χ2v) is 12.7. The number of nitrogens with two attached hydrogens (primary N) is 1. The highest BCUT2D eigenvalue weighted by atomic mass is 32.2. The molecular weight excluding hydrogens is 434 g/mol. The number of pyridine rings is 1. The van der Waals surface area contributed by atoms with Crippen molar-refractivity contribution in [1.82, 2.24) is 9.88 Å². The zero-order valence-corrected chi connectivity index (χ0v) is 20.8. The molecule has 0 radical (unpaired) electrons. The zero-order valence-electron chi connectivity index (χ0n) is 19.9. The highest BCUT2D eigenvalue weighted by Gasteiger charge is 2.47. The number of sulfone groups is 1. The second kappa shape index (κ2) is 9.45. The largest absolute Gasteiger partial charge is 0.387 e. The van der Waals surface area contributed by atoms with E-state index in [4.69, 9.17) is 5.73 Å². The molecule has 1 aliphatic carbocycles. The third-order valence-electron chi connectivity index (χ3n) is 7.96. The first kappa shape index (κ1) is 24.3. The molecule has 180 valence electrons. The number of hydrogen-bond donors (Lipinski definition) is 2. The first-order valence-corrected chi connectivity index (χ1v) is 13.8.